The molecule has 6 nitrogen and oxygen atoms in total. The van der Waals surface area contributed by atoms with Crippen LogP contribution in [-0.4, -0.2) is 32.6 Å². The van der Waals surface area contributed by atoms with E-state index in [-0.39, 0.29) is 29.7 Å². The molecule has 1 unspecified atom stereocenters. The topological polar surface area (TPSA) is 95.5 Å². The summed E-state index contributed by atoms with van der Waals surface area (Å²) in [5.41, 5.74) is 0.164. The first kappa shape index (κ1) is 19.4. The number of aliphatic hydroxyl groups is 1. The first-order valence-corrected chi connectivity index (χ1v) is 9.70. The second-order valence-electron chi connectivity index (χ2n) is 6.33. The van der Waals surface area contributed by atoms with Crippen molar-refractivity contribution in [2.45, 2.75) is 17.2 Å². The summed E-state index contributed by atoms with van der Waals surface area (Å²) >= 11 is 0. The number of rotatable bonds is 7. The molecule has 1 amide bonds. The number of benzene rings is 2. The van der Waals surface area contributed by atoms with Crippen LogP contribution in [0.5, 0.6) is 0 Å². The Morgan fingerprint density at radius 2 is 1.85 bits per heavy atom. The van der Waals surface area contributed by atoms with Gasteiger partial charge in [0.15, 0.2) is 0 Å². The van der Waals surface area contributed by atoms with Crippen molar-refractivity contribution in [1.29, 1.82) is 0 Å². The molecule has 0 saturated heterocycles. The highest BCUT2D eigenvalue weighted by Crippen LogP contribution is 2.41. The van der Waals surface area contributed by atoms with Gasteiger partial charge >= 0.3 is 5.92 Å². The molecule has 2 aromatic rings. The van der Waals surface area contributed by atoms with Crippen LogP contribution in [0, 0.1) is 5.92 Å². The quantitative estimate of drug-likeness (QED) is 0.666. The fourth-order valence-corrected chi connectivity index (χ4v) is 3.98. The predicted octanol–water partition coefficient (Wildman–Crippen LogP) is 1.86. The highest BCUT2D eigenvalue weighted by molar-refractivity contribution is 7.89. The Morgan fingerprint density at radius 1 is 1.15 bits per heavy atom. The van der Waals surface area contributed by atoms with Crippen molar-refractivity contribution < 1.29 is 27.1 Å². The number of fused-ring (bicyclic) bond motifs is 1. The summed E-state index contributed by atoms with van der Waals surface area (Å²) in [6.07, 6.45) is 0.459. The van der Waals surface area contributed by atoms with Gasteiger partial charge in [-0.3, -0.25) is 4.79 Å². The summed E-state index contributed by atoms with van der Waals surface area (Å²) in [5.74, 6) is -5.63. The smallest absolute Gasteiger partial charge is 0.352 e. The Bertz CT molecular complexity index is 949. The highest BCUT2D eigenvalue weighted by atomic mass is 32.2. The maximum atomic E-state index is 13.8. The molecule has 0 spiro atoms. The molecule has 1 heterocycles. The van der Waals surface area contributed by atoms with E-state index in [0.717, 1.165) is 23.8 Å². The molecule has 0 fully saturated rings. The number of alkyl halides is 2. The third-order valence-corrected chi connectivity index (χ3v) is 5.78. The Morgan fingerprint density at radius 3 is 2.52 bits per heavy atom. The van der Waals surface area contributed by atoms with Crippen molar-refractivity contribution in [3.8, 4) is 0 Å². The largest absolute Gasteiger partial charge is 0.396 e. The number of nitrogens with one attached hydrogen (secondary N) is 2. The van der Waals surface area contributed by atoms with Gasteiger partial charge in [0.1, 0.15) is 0 Å². The van der Waals surface area contributed by atoms with Gasteiger partial charge in [-0.25, -0.2) is 13.1 Å². The summed E-state index contributed by atoms with van der Waals surface area (Å²) in [7, 11) is -4.08. The second-order valence-corrected chi connectivity index (χ2v) is 8.09. The van der Waals surface area contributed by atoms with Crippen LogP contribution in [0.4, 0.5) is 14.5 Å². The molecule has 2 aromatic carbocycles. The van der Waals surface area contributed by atoms with E-state index in [1.54, 1.807) is 0 Å². The molecule has 9 heteroatoms. The number of carbonyl (C=O) groups is 1. The van der Waals surface area contributed by atoms with Crippen LogP contribution in [0.15, 0.2) is 53.4 Å². The zero-order valence-electron chi connectivity index (χ0n) is 14.2. The molecule has 27 heavy (non-hydrogen) atoms. The lowest BCUT2D eigenvalue weighted by Gasteiger charge is -2.16. The zero-order valence-corrected chi connectivity index (χ0v) is 15.0. The molecule has 0 aliphatic carbocycles. The minimum absolute atomic E-state index is 0.0572. The molecule has 3 N–H and O–H groups in total. The molecule has 1 aliphatic rings. The van der Waals surface area contributed by atoms with Crippen molar-refractivity contribution in [2.75, 3.05) is 18.5 Å². The van der Waals surface area contributed by atoms with E-state index < -0.39 is 27.4 Å². The van der Waals surface area contributed by atoms with Crippen LogP contribution < -0.4 is 10.0 Å². The average molecular weight is 396 g/mol. The number of hydrogen-bond acceptors (Lipinski definition) is 4. The maximum Gasteiger partial charge on any atom is 0.352 e. The monoisotopic (exact) mass is 396 g/mol. The average Bonchev–Trinajstić information content (AvgIpc) is 2.88. The number of hydrogen-bond donors (Lipinski definition) is 3. The van der Waals surface area contributed by atoms with Gasteiger partial charge < -0.3 is 10.4 Å². The van der Waals surface area contributed by atoms with E-state index in [2.05, 4.69) is 4.72 Å². The molecule has 1 aliphatic heterocycles. The first-order chi connectivity index (χ1) is 12.7. The summed E-state index contributed by atoms with van der Waals surface area (Å²) in [6.45, 7) is -0.295. The summed E-state index contributed by atoms with van der Waals surface area (Å²) in [5, 5.41) is 11.5. The number of aliphatic hydroxyl groups excluding tert-OH is 1. The fourth-order valence-electron chi connectivity index (χ4n) is 2.84. The van der Waals surface area contributed by atoms with Crippen LogP contribution >= 0.6 is 0 Å². The maximum absolute atomic E-state index is 13.8. The molecule has 0 radical (unpaired) electrons. The lowest BCUT2D eigenvalue weighted by Crippen LogP contribution is -2.32. The molecular weight excluding hydrogens is 378 g/mol. The van der Waals surface area contributed by atoms with Crippen LogP contribution in [0.25, 0.3) is 0 Å². The van der Waals surface area contributed by atoms with Crippen LogP contribution in [0.3, 0.4) is 0 Å². The number of sulfonamides is 1. The molecule has 0 aromatic heterocycles. The standard InChI is InChI=1S/C18H18F2N2O4S/c19-18(20)15-9-14(6-7-16(15)22-17(18)24)27(25,26)21-10-13(11-23)8-12-4-2-1-3-5-12/h1-7,9,13,21,23H,8,10-11H2,(H,22,24). The lowest BCUT2D eigenvalue weighted by atomic mass is 10.0. The van der Waals surface area contributed by atoms with Gasteiger partial charge in [0.2, 0.25) is 10.0 Å². The van der Waals surface area contributed by atoms with Gasteiger partial charge in [0.05, 0.1) is 16.1 Å². The van der Waals surface area contributed by atoms with E-state index >= 15 is 0 Å². The Balaban J connectivity index is 1.74. The number of amides is 1. The van der Waals surface area contributed by atoms with Gasteiger partial charge in [-0.2, -0.15) is 8.78 Å². The normalized spacial score (nSPS) is 16.6. The number of anilines is 1. The lowest BCUT2D eigenvalue weighted by molar-refractivity contribution is -0.139. The predicted molar refractivity (Wildman–Crippen MR) is 94.9 cm³/mol. The second kappa shape index (κ2) is 7.34. The van der Waals surface area contributed by atoms with E-state index in [1.807, 2.05) is 35.6 Å². The van der Waals surface area contributed by atoms with Crippen molar-refractivity contribution in [2.24, 2.45) is 5.92 Å². The number of halogens is 2. The van der Waals surface area contributed by atoms with Gasteiger partial charge in [-0.15, -0.1) is 0 Å². The zero-order chi connectivity index (χ0) is 19.7. The Kier molecular flexibility index (Phi) is 5.27. The first-order valence-electron chi connectivity index (χ1n) is 8.22. The van der Waals surface area contributed by atoms with Crippen LogP contribution in [0.2, 0.25) is 0 Å². The highest BCUT2D eigenvalue weighted by Gasteiger charge is 2.48. The van der Waals surface area contributed by atoms with Gasteiger partial charge in [0.25, 0.3) is 5.91 Å². The molecule has 0 saturated carbocycles. The fraction of sp³-hybridized carbons (Fsp3) is 0.278. The van der Waals surface area contributed by atoms with E-state index in [4.69, 9.17) is 0 Å². The minimum atomic E-state index is -4.08. The van der Waals surface area contributed by atoms with E-state index in [1.165, 1.54) is 0 Å². The number of carbonyl (C=O) groups excluding carboxylic acids is 1. The van der Waals surface area contributed by atoms with Crippen molar-refractivity contribution >= 4 is 21.6 Å². The van der Waals surface area contributed by atoms with Gasteiger partial charge in [-0.05, 0) is 36.1 Å². The van der Waals surface area contributed by atoms with Crippen LogP contribution in [-0.2, 0) is 27.2 Å². The third kappa shape index (κ3) is 4.00. The van der Waals surface area contributed by atoms with Crippen molar-refractivity contribution in [3.63, 3.8) is 0 Å². The molecule has 0 bridgehead atoms. The van der Waals surface area contributed by atoms with Gasteiger partial charge in [0, 0.05) is 13.2 Å². The van der Waals surface area contributed by atoms with Crippen molar-refractivity contribution in [1.82, 2.24) is 4.72 Å². The summed E-state index contributed by atoms with van der Waals surface area (Å²) in [4.78, 5) is 10.9. The van der Waals surface area contributed by atoms with E-state index in [0.29, 0.717) is 6.42 Å². The SMILES string of the molecule is O=C1Nc2ccc(S(=O)(=O)NCC(CO)Cc3ccccc3)cc2C1(F)F. The van der Waals surface area contributed by atoms with Crippen LogP contribution in [0.1, 0.15) is 11.1 Å². The summed E-state index contributed by atoms with van der Waals surface area (Å²) in [6, 6.07) is 12.3. The molecule has 1 atom stereocenters. The Labute approximate surface area is 155 Å². The van der Waals surface area contributed by atoms with Crippen molar-refractivity contribution in [3.05, 3.63) is 59.7 Å². The minimum Gasteiger partial charge on any atom is -0.396 e. The summed E-state index contributed by atoms with van der Waals surface area (Å²) < 4.78 is 54.9. The molecule has 144 valence electrons. The van der Waals surface area contributed by atoms with E-state index in [9.17, 15) is 27.1 Å². The molecule has 3 rings (SSSR count). The van der Waals surface area contributed by atoms with Gasteiger partial charge in [-0.1, -0.05) is 30.3 Å². The molecular formula is C18H18F2N2O4S. The Hall–Kier alpha value is -2.36. The third-order valence-electron chi connectivity index (χ3n) is 4.36.